The first-order valence-electron chi connectivity index (χ1n) is 33.6. The van der Waals surface area contributed by atoms with Gasteiger partial charge in [0.05, 0.1) is 0 Å². The highest BCUT2D eigenvalue weighted by Crippen LogP contribution is 2.15. The molecule has 0 amide bonds. The van der Waals surface area contributed by atoms with Gasteiger partial charge in [-0.1, -0.05) is 306 Å². The van der Waals surface area contributed by atoms with Crippen molar-refractivity contribution in [1.29, 1.82) is 0 Å². The van der Waals surface area contributed by atoms with Gasteiger partial charge in [0.25, 0.3) is 0 Å². The van der Waals surface area contributed by atoms with Crippen LogP contribution in [0, 0.1) is 0 Å². The Morgan fingerprint density at radius 2 is 0.494 bits per heavy atom. The minimum absolute atomic E-state index is 0.115. The molecule has 0 bridgehead atoms. The summed E-state index contributed by atoms with van der Waals surface area (Å²) >= 11 is 0. The second-order valence-corrected chi connectivity index (χ2v) is 21.6. The van der Waals surface area contributed by atoms with Gasteiger partial charge in [-0.2, -0.15) is 0 Å². The van der Waals surface area contributed by atoms with Gasteiger partial charge >= 0.3 is 17.9 Å². The Labute approximate surface area is 511 Å². The van der Waals surface area contributed by atoms with Gasteiger partial charge in [-0.3, -0.25) is 14.4 Å². The Kier molecular flexibility index (Phi) is 64.9. The number of allylic oxidation sites excluding steroid dienone is 28. The lowest BCUT2D eigenvalue weighted by atomic mass is 10.0. The number of hydrogen-bond acceptors (Lipinski definition) is 6. The smallest absolute Gasteiger partial charge is 0.306 e. The minimum Gasteiger partial charge on any atom is -0.462 e. The first-order chi connectivity index (χ1) is 41.0. The third-order valence-electron chi connectivity index (χ3n) is 13.7. The Morgan fingerprint density at radius 1 is 0.253 bits per heavy atom. The first-order valence-corrected chi connectivity index (χ1v) is 33.6. The zero-order chi connectivity index (χ0) is 59.9. The van der Waals surface area contributed by atoms with E-state index in [1.54, 1.807) is 0 Å². The van der Waals surface area contributed by atoms with E-state index >= 15 is 0 Å². The maximum Gasteiger partial charge on any atom is 0.306 e. The predicted molar refractivity (Wildman–Crippen MR) is 361 cm³/mol. The van der Waals surface area contributed by atoms with Crippen LogP contribution in [0.15, 0.2) is 170 Å². The molecule has 0 aliphatic rings. The van der Waals surface area contributed by atoms with Crippen LogP contribution in [0.5, 0.6) is 0 Å². The van der Waals surface area contributed by atoms with E-state index in [0.29, 0.717) is 19.3 Å². The van der Waals surface area contributed by atoms with Gasteiger partial charge in [0, 0.05) is 19.3 Å². The molecular formula is C77H122O6. The van der Waals surface area contributed by atoms with Gasteiger partial charge in [-0.25, -0.2) is 0 Å². The van der Waals surface area contributed by atoms with Crippen LogP contribution in [-0.2, 0) is 28.6 Å². The van der Waals surface area contributed by atoms with E-state index in [0.717, 1.165) is 135 Å². The zero-order valence-electron chi connectivity index (χ0n) is 53.4. The number of carbonyl (C=O) groups is 3. The maximum absolute atomic E-state index is 12.9. The molecule has 0 aromatic carbocycles. The van der Waals surface area contributed by atoms with E-state index in [-0.39, 0.29) is 31.6 Å². The van der Waals surface area contributed by atoms with Gasteiger partial charge in [-0.05, 0) is 122 Å². The van der Waals surface area contributed by atoms with Crippen LogP contribution in [0.1, 0.15) is 278 Å². The lowest BCUT2D eigenvalue weighted by molar-refractivity contribution is -0.166. The maximum atomic E-state index is 12.9. The number of unbranched alkanes of at least 4 members (excludes halogenated alkanes) is 20. The van der Waals surface area contributed by atoms with Gasteiger partial charge in [-0.15, -0.1) is 0 Å². The van der Waals surface area contributed by atoms with Crippen molar-refractivity contribution in [2.24, 2.45) is 0 Å². The third kappa shape index (κ3) is 67.4. The molecule has 0 saturated carbocycles. The van der Waals surface area contributed by atoms with Crippen LogP contribution in [0.3, 0.4) is 0 Å². The average Bonchev–Trinajstić information content (AvgIpc) is 3.49. The van der Waals surface area contributed by atoms with Crippen LogP contribution in [-0.4, -0.2) is 37.2 Å². The quantitative estimate of drug-likeness (QED) is 0.0261. The summed E-state index contributed by atoms with van der Waals surface area (Å²) in [6, 6.07) is 0. The fraction of sp³-hybridized carbons (Fsp3) is 0.597. The second-order valence-electron chi connectivity index (χ2n) is 21.6. The third-order valence-corrected chi connectivity index (χ3v) is 13.7. The molecule has 0 saturated heterocycles. The molecule has 0 aromatic rings. The molecule has 0 spiro atoms. The van der Waals surface area contributed by atoms with Crippen molar-refractivity contribution in [2.45, 2.75) is 284 Å². The highest BCUT2D eigenvalue weighted by atomic mass is 16.6. The molecule has 1 unspecified atom stereocenters. The van der Waals surface area contributed by atoms with Crippen LogP contribution >= 0.6 is 0 Å². The van der Waals surface area contributed by atoms with E-state index in [1.165, 1.54) is 96.3 Å². The molecule has 0 N–H and O–H groups in total. The van der Waals surface area contributed by atoms with Crippen molar-refractivity contribution >= 4 is 17.9 Å². The summed E-state index contributed by atoms with van der Waals surface area (Å²) in [5.74, 6) is -1.01. The van der Waals surface area contributed by atoms with Crippen molar-refractivity contribution in [3.63, 3.8) is 0 Å². The Hall–Kier alpha value is -5.23. The number of carbonyl (C=O) groups excluding carboxylic acids is 3. The Balaban J connectivity index is 4.39. The zero-order valence-corrected chi connectivity index (χ0v) is 53.4. The van der Waals surface area contributed by atoms with Crippen molar-refractivity contribution in [1.82, 2.24) is 0 Å². The molecule has 6 heteroatoms. The molecule has 0 aliphatic heterocycles. The Bertz CT molecular complexity index is 1890. The van der Waals surface area contributed by atoms with Gasteiger partial charge in [0.2, 0.25) is 0 Å². The summed E-state index contributed by atoms with van der Waals surface area (Å²) in [4.78, 5) is 38.3. The van der Waals surface area contributed by atoms with E-state index in [1.807, 2.05) is 6.08 Å². The SMILES string of the molecule is CC/C=C\C/C=C\C/C=C\C/C=C\C/C=C\C/C=C\C/C=C\C/C=C\CCCCCCCCCCC(=O)OCC(COC(=O)CCCCCCCCCCCCCCC)OC(=O)CC/C=C\C/C=C\C/C=C\C/C=C\C/C=C\C/C=C\CC. The molecule has 0 aliphatic carbocycles. The molecule has 6 nitrogen and oxygen atoms in total. The van der Waals surface area contributed by atoms with Crippen LogP contribution < -0.4 is 0 Å². The molecule has 0 rings (SSSR count). The molecule has 466 valence electrons. The molecule has 83 heavy (non-hydrogen) atoms. The monoisotopic (exact) mass is 1140 g/mol. The summed E-state index contributed by atoms with van der Waals surface area (Å²) in [7, 11) is 0. The number of rotatable bonds is 59. The molecule has 0 aromatic heterocycles. The molecule has 0 heterocycles. The lowest BCUT2D eigenvalue weighted by Gasteiger charge is -2.18. The standard InChI is InChI=1S/C77H122O6/c1-4-7-10-13-16-19-22-25-27-29-31-32-33-34-35-36-37-38-39-40-41-42-43-44-46-47-49-52-55-58-61-64-67-70-76(79)82-73-74(72-81-75(78)69-66-63-60-57-54-51-24-21-18-15-12-9-6-3)83-77(80)71-68-65-62-59-56-53-50-48-45-30-28-26-23-20-17-14-11-8-5-2/h7-8,10-11,16-17,19-20,25-28,31-32,34-35,37-38,40-41,43-45,48,53,56,62,65,74H,4-6,9,12-15,18,21-24,29-30,33,36,39,42,46-47,49-52,54-55,57-61,63-64,66-73H2,1-3H3/b10-7-,11-8-,19-16-,20-17-,27-25-,28-26-,32-31-,35-34-,38-37-,41-40-,44-43-,48-45-,56-53-,65-62-. The van der Waals surface area contributed by atoms with Crippen molar-refractivity contribution in [2.75, 3.05) is 13.2 Å². The predicted octanol–water partition coefficient (Wildman–Crippen LogP) is 23.4. The van der Waals surface area contributed by atoms with E-state index in [4.69, 9.17) is 14.2 Å². The Morgan fingerprint density at radius 3 is 0.783 bits per heavy atom. The van der Waals surface area contributed by atoms with Crippen molar-refractivity contribution in [3.8, 4) is 0 Å². The summed E-state index contributed by atoms with van der Waals surface area (Å²) < 4.78 is 16.8. The topological polar surface area (TPSA) is 78.9 Å². The summed E-state index contributed by atoms with van der Waals surface area (Å²) in [5.41, 5.74) is 0. The average molecular weight is 1140 g/mol. The lowest BCUT2D eigenvalue weighted by Crippen LogP contribution is -2.30. The minimum atomic E-state index is -0.829. The van der Waals surface area contributed by atoms with Gasteiger partial charge in [0.1, 0.15) is 13.2 Å². The van der Waals surface area contributed by atoms with Gasteiger partial charge in [0.15, 0.2) is 6.10 Å². The number of esters is 3. The van der Waals surface area contributed by atoms with E-state index in [9.17, 15) is 14.4 Å². The summed E-state index contributed by atoms with van der Waals surface area (Å²) in [5, 5.41) is 0. The summed E-state index contributed by atoms with van der Waals surface area (Å²) in [6.45, 7) is 6.34. The normalized spacial score (nSPS) is 13.2. The van der Waals surface area contributed by atoms with Crippen LogP contribution in [0.25, 0.3) is 0 Å². The fourth-order valence-electron chi connectivity index (χ4n) is 8.78. The highest BCUT2D eigenvalue weighted by molar-refractivity contribution is 5.71. The fourth-order valence-corrected chi connectivity index (χ4v) is 8.78. The number of ether oxygens (including phenoxy) is 3. The van der Waals surface area contributed by atoms with Crippen LogP contribution in [0.2, 0.25) is 0 Å². The van der Waals surface area contributed by atoms with Crippen molar-refractivity contribution in [3.05, 3.63) is 170 Å². The molecule has 0 fully saturated rings. The molecule has 0 radical (unpaired) electrons. The van der Waals surface area contributed by atoms with E-state index in [2.05, 4.69) is 185 Å². The first kappa shape index (κ1) is 77.8. The molecular weight excluding hydrogens is 1020 g/mol. The van der Waals surface area contributed by atoms with Crippen molar-refractivity contribution < 1.29 is 28.6 Å². The van der Waals surface area contributed by atoms with Gasteiger partial charge < -0.3 is 14.2 Å². The molecule has 1 atom stereocenters. The summed E-state index contributed by atoms with van der Waals surface area (Å²) in [6.07, 6.45) is 102. The number of hydrogen-bond donors (Lipinski definition) is 0. The highest BCUT2D eigenvalue weighted by Gasteiger charge is 2.19. The van der Waals surface area contributed by atoms with Crippen LogP contribution in [0.4, 0.5) is 0 Å². The van der Waals surface area contributed by atoms with E-state index < -0.39 is 12.1 Å². The largest absolute Gasteiger partial charge is 0.462 e. The second kappa shape index (κ2) is 69.3.